The van der Waals surface area contributed by atoms with E-state index >= 15 is 0 Å². The maximum atomic E-state index is 12.0. The molecular weight excluding hydrogens is 248 g/mol. The van der Waals surface area contributed by atoms with Crippen molar-refractivity contribution in [2.45, 2.75) is 44.8 Å². The molecule has 6 heteroatoms. The summed E-state index contributed by atoms with van der Waals surface area (Å²) >= 11 is 0. The van der Waals surface area contributed by atoms with Crippen molar-refractivity contribution in [3.8, 4) is 0 Å². The highest BCUT2D eigenvalue weighted by molar-refractivity contribution is 5.75. The van der Waals surface area contributed by atoms with Crippen molar-refractivity contribution < 1.29 is 19.4 Å². The molecule has 1 heterocycles. The Hall–Kier alpha value is -1.30. The van der Waals surface area contributed by atoms with Crippen molar-refractivity contribution in [1.82, 2.24) is 10.2 Å². The fourth-order valence-corrected chi connectivity index (χ4v) is 2.65. The molecule has 2 rings (SSSR count). The minimum absolute atomic E-state index is 0.0659. The highest BCUT2D eigenvalue weighted by atomic mass is 16.5. The SMILES string of the molecule is CCOC1CC(NC(=O)N2CCC(C(=O)O)CC2)C1. The van der Waals surface area contributed by atoms with E-state index in [9.17, 15) is 9.59 Å². The van der Waals surface area contributed by atoms with Crippen molar-refractivity contribution in [2.75, 3.05) is 19.7 Å². The van der Waals surface area contributed by atoms with Gasteiger partial charge in [-0.2, -0.15) is 0 Å². The second kappa shape index (κ2) is 6.23. The van der Waals surface area contributed by atoms with Crippen LogP contribution in [0.25, 0.3) is 0 Å². The van der Waals surface area contributed by atoms with Crippen LogP contribution >= 0.6 is 0 Å². The van der Waals surface area contributed by atoms with E-state index in [1.807, 2.05) is 6.92 Å². The molecule has 0 aromatic rings. The molecule has 1 aliphatic heterocycles. The Bertz CT molecular complexity index is 334. The number of urea groups is 1. The van der Waals surface area contributed by atoms with Crippen molar-refractivity contribution in [1.29, 1.82) is 0 Å². The van der Waals surface area contributed by atoms with Crippen LogP contribution in [0, 0.1) is 5.92 Å². The fraction of sp³-hybridized carbons (Fsp3) is 0.846. The second-order valence-corrected chi connectivity index (χ2v) is 5.29. The Morgan fingerprint density at radius 1 is 1.32 bits per heavy atom. The van der Waals surface area contributed by atoms with Crippen LogP contribution in [0.3, 0.4) is 0 Å². The van der Waals surface area contributed by atoms with E-state index in [-0.39, 0.29) is 24.1 Å². The highest BCUT2D eigenvalue weighted by Gasteiger charge is 2.33. The lowest BCUT2D eigenvalue weighted by atomic mass is 9.89. The number of piperidine rings is 1. The van der Waals surface area contributed by atoms with Gasteiger partial charge >= 0.3 is 12.0 Å². The maximum Gasteiger partial charge on any atom is 0.317 e. The molecule has 1 aliphatic carbocycles. The van der Waals surface area contributed by atoms with Gasteiger partial charge in [0.1, 0.15) is 0 Å². The smallest absolute Gasteiger partial charge is 0.317 e. The zero-order chi connectivity index (χ0) is 13.8. The average Bonchev–Trinajstić information content (AvgIpc) is 2.36. The van der Waals surface area contributed by atoms with Crippen LogP contribution in [0.4, 0.5) is 4.79 Å². The zero-order valence-electron chi connectivity index (χ0n) is 11.3. The molecule has 0 unspecified atom stereocenters. The topological polar surface area (TPSA) is 78.9 Å². The Morgan fingerprint density at radius 2 is 1.95 bits per heavy atom. The van der Waals surface area contributed by atoms with E-state index < -0.39 is 5.97 Å². The van der Waals surface area contributed by atoms with Gasteiger partial charge in [0, 0.05) is 25.7 Å². The number of carbonyl (C=O) groups is 2. The number of carbonyl (C=O) groups excluding carboxylic acids is 1. The Kier molecular flexibility index (Phi) is 4.63. The summed E-state index contributed by atoms with van der Waals surface area (Å²) in [5.41, 5.74) is 0. The molecule has 0 aromatic carbocycles. The van der Waals surface area contributed by atoms with E-state index in [0.29, 0.717) is 32.5 Å². The van der Waals surface area contributed by atoms with Gasteiger partial charge in [-0.05, 0) is 32.6 Å². The third kappa shape index (κ3) is 3.59. The van der Waals surface area contributed by atoms with Gasteiger partial charge in [-0.3, -0.25) is 4.79 Å². The van der Waals surface area contributed by atoms with Gasteiger partial charge in [-0.1, -0.05) is 0 Å². The standard InChI is InChI=1S/C13H22N2O4/c1-2-19-11-7-10(8-11)14-13(18)15-5-3-9(4-6-15)12(16)17/h9-11H,2-8H2,1H3,(H,14,18)(H,16,17). The quantitative estimate of drug-likeness (QED) is 0.800. The number of carboxylic acid groups (broad SMARTS) is 1. The molecule has 2 fully saturated rings. The number of nitrogens with zero attached hydrogens (tertiary/aromatic N) is 1. The number of amides is 2. The molecule has 2 aliphatic rings. The monoisotopic (exact) mass is 270 g/mol. The first kappa shape index (κ1) is 14.1. The number of nitrogens with one attached hydrogen (secondary N) is 1. The third-order valence-corrected chi connectivity index (χ3v) is 3.96. The molecule has 2 amide bonds. The predicted molar refractivity (Wildman–Crippen MR) is 68.9 cm³/mol. The highest BCUT2D eigenvalue weighted by Crippen LogP contribution is 2.24. The number of hydrogen-bond donors (Lipinski definition) is 2. The zero-order valence-corrected chi connectivity index (χ0v) is 11.3. The molecule has 0 atom stereocenters. The molecular formula is C13H22N2O4. The summed E-state index contributed by atoms with van der Waals surface area (Å²) in [6.07, 6.45) is 3.15. The normalized spacial score (nSPS) is 27.7. The van der Waals surface area contributed by atoms with Crippen LogP contribution in [-0.4, -0.2) is 53.8 Å². The fourth-order valence-electron chi connectivity index (χ4n) is 2.65. The van der Waals surface area contributed by atoms with E-state index in [2.05, 4.69) is 5.32 Å². The third-order valence-electron chi connectivity index (χ3n) is 3.96. The van der Waals surface area contributed by atoms with E-state index in [1.54, 1.807) is 4.90 Å². The summed E-state index contributed by atoms with van der Waals surface area (Å²) in [4.78, 5) is 24.5. The first-order valence-corrected chi connectivity index (χ1v) is 7.00. The molecule has 6 nitrogen and oxygen atoms in total. The van der Waals surface area contributed by atoms with Gasteiger partial charge in [0.2, 0.25) is 0 Å². The van der Waals surface area contributed by atoms with Crippen LogP contribution in [-0.2, 0) is 9.53 Å². The van der Waals surface area contributed by atoms with Crippen molar-refractivity contribution in [3.05, 3.63) is 0 Å². The molecule has 1 saturated heterocycles. The summed E-state index contributed by atoms with van der Waals surface area (Å²) in [5.74, 6) is -1.05. The van der Waals surface area contributed by atoms with Crippen LogP contribution in [0.15, 0.2) is 0 Å². The van der Waals surface area contributed by atoms with Gasteiger partial charge in [0.15, 0.2) is 0 Å². The Labute approximate surface area is 113 Å². The molecule has 1 saturated carbocycles. The molecule has 0 radical (unpaired) electrons. The van der Waals surface area contributed by atoms with E-state index in [0.717, 1.165) is 12.8 Å². The summed E-state index contributed by atoms with van der Waals surface area (Å²) in [6.45, 7) is 3.75. The number of aliphatic carboxylic acids is 1. The van der Waals surface area contributed by atoms with Crippen LogP contribution in [0.5, 0.6) is 0 Å². The van der Waals surface area contributed by atoms with Crippen LogP contribution in [0.1, 0.15) is 32.6 Å². The molecule has 19 heavy (non-hydrogen) atoms. The average molecular weight is 270 g/mol. The van der Waals surface area contributed by atoms with Crippen LogP contribution in [0.2, 0.25) is 0 Å². The predicted octanol–water partition coefficient (Wildman–Crippen LogP) is 1.06. The second-order valence-electron chi connectivity index (χ2n) is 5.29. The van der Waals surface area contributed by atoms with E-state index in [1.165, 1.54) is 0 Å². The first-order valence-electron chi connectivity index (χ1n) is 7.00. The minimum atomic E-state index is -0.751. The Balaban J connectivity index is 1.67. The van der Waals surface area contributed by atoms with Crippen LogP contribution < -0.4 is 5.32 Å². The number of carboxylic acids is 1. The summed E-state index contributed by atoms with van der Waals surface area (Å²) in [7, 11) is 0. The number of likely N-dealkylation sites (tertiary alicyclic amines) is 1. The summed E-state index contributed by atoms with van der Waals surface area (Å²) in [6, 6.07) is 0.144. The number of rotatable bonds is 4. The number of ether oxygens (including phenoxy) is 1. The van der Waals surface area contributed by atoms with Gasteiger partial charge in [0.05, 0.1) is 12.0 Å². The lowest BCUT2D eigenvalue weighted by Crippen LogP contribution is -2.53. The Morgan fingerprint density at radius 3 is 2.47 bits per heavy atom. The lowest BCUT2D eigenvalue weighted by Gasteiger charge is -2.38. The molecule has 0 spiro atoms. The minimum Gasteiger partial charge on any atom is -0.481 e. The molecule has 2 N–H and O–H groups in total. The largest absolute Gasteiger partial charge is 0.481 e. The van der Waals surface area contributed by atoms with Crippen molar-refractivity contribution in [3.63, 3.8) is 0 Å². The lowest BCUT2D eigenvalue weighted by molar-refractivity contribution is -0.143. The maximum absolute atomic E-state index is 12.0. The van der Waals surface area contributed by atoms with Crippen molar-refractivity contribution in [2.24, 2.45) is 5.92 Å². The summed E-state index contributed by atoms with van der Waals surface area (Å²) < 4.78 is 5.45. The first-order chi connectivity index (χ1) is 9.10. The van der Waals surface area contributed by atoms with Gasteiger partial charge in [-0.15, -0.1) is 0 Å². The van der Waals surface area contributed by atoms with Gasteiger partial charge in [-0.25, -0.2) is 4.79 Å². The van der Waals surface area contributed by atoms with Crippen molar-refractivity contribution >= 4 is 12.0 Å². The van der Waals surface area contributed by atoms with Gasteiger partial charge < -0.3 is 20.1 Å². The van der Waals surface area contributed by atoms with E-state index in [4.69, 9.17) is 9.84 Å². The molecule has 0 aromatic heterocycles. The number of hydrogen-bond acceptors (Lipinski definition) is 3. The summed E-state index contributed by atoms with van der Waals surface area (Å²) in [5, 5.41) is 11.9. The molecule has 108 valence electrons. The van der Waals surface area contributed by atoms with Gasteiger partial charge in [0.25, 0.3) is 0 Å². The molecule has 0 bridgehead atoms.